The Kier molecular flexibility index (Phi) is 5.63. The van der Waals surface area contributed by atoms with Gasteiger partial charge in [0.05, 0.1) is 28.9 Å². The third kappa shape index (κ3) is 4.59. The number of halogens is 1. The average molecular weight is 383 g/mol. The fourth-order valence-electron chi connectivity index (χ4n) is 2.37. The van der Waals surface area contributed by atoms with Crippen LogP contribution in [0.25, 0.3) is 10.9 Å². The summed E-state index contributed by atoms with van der Waals surface area (Å²) in [6.07, 6.45) is 1.25. The monoisotopic (exact) mass is 382 g/mol. The number of rotatable bonds is 5. The van der Waals surface area contributed by atoms with Gasteiger partial charge in [-0.05, 0) is 29.7 Å². The summed E-state index contributed by atoms with van der Waals surface area (Å²) in [6.45, 7) is -0.282. The highest BCUT2D eigenvalue weighted by molar-refractivity contribution is 6.33. The number of pyridine rings is 1. The Labute approximate surface area is 159 Å². The molecule has 136 valence electrons. The molecule has 3 aromatic rings. The molecule has 0 atom stereocenters. The number of H-pyrrole nitrogens is 1. The third-order valence-corrected chi connectivity index (χ3v) is 4.03. The van der Waals surface area contributed by atoms with Gasteiger partial charge in [-0.3, -0.25) is 14.4 Å². The summed E-state index contributed by atoms with van der Waals surface area (Å²) in [5.41, 5.74) is 3.23. The second kappa shape index (κ2) is 8.29. The highest BCUT2D eigenvalue weighted by Gasteiger charge is 2.10. The van der Waals surface area contributed by atoms with Gasteiger partial charge < -0.3 is 10.3 Å². The van der Waals surface area contributed by atoms with Crippen LogP contribution >= 0.6 is 11.6 Å². The molecule has 27 heavy (non-hydrogen) atoms. The SMILES string of the molecule is O=C(CNC(=O)c1ccccc1Cl)NN=Cc1cc2ccccc2[nH]c1=O. The van der Waals surface area contributed by atoms with Crippen LogP contribution in [0.5, 0.6) is 0 Å². The molecule has 0 aliphatic carbocycles. The van der Waals surface area contributed by atoms with Gasteiger partial charge in [-0.25, -0.2) is 5.43 Å². The number of amides is 2. The number of nitrogens with one attached hydrogen (secondary N) is 3. The minimum absolute atomic E-state index is 0.276. The predicted molar refractivity (Wildman–Crippen MR) is 104 cm³/mol. The highest BCUT2D eigenvalue weighted by atomic mass is 35.5. The van der Waals surface area contributed by atoms with Crippen molar-refractivity contribution in [3.05, 3.63) is 81.1 Å². The first-order valence-electron chi connectivity index (χ1n) is 8.01. The van der Waals surface area contributed by atoms with Crippen LogP contribution in [-0.2, 0) is 4.79 Å². The molecule has 2 aromatic carbocycles. The maximum atomic E-state index is 12.0. The Morgan fingerprint density at radius 2 is 1.85 bits per heavy atom. The van der Waals surface area contributed by atoms with E-state index in [9.17, 15) is 14.4 Å². The summed E-state index contributed by atoms with van der Waals surface area (Å²) in [7, 11) is 0. The fraction of sp³-hybridized carbons (Fsp3) is 0.0526. The Morgan fingerprint density at radius 1 is 1.11 bits per heavy atom. The molecule has 0 radical (unpaired) electrons. The smallest absolute Gasteiger partial charge is 0.259 e. The van der Waals surface area contributed by atoms with E-state index in [0.717, 1.165) is 5.39 Å². The number of aromatic amines is 1. The first-order chi connectivity index (χ1) is 13.0. The first kappa shape index (κ1) is 18.3. The van der Waals surface area contributed by atoms with Gasteiger partial charge in [0, 0.05) is 5.52 Å². The van der Waals surface area contributed by atoms with E-state index in [1.54, 1.807) is 36.4 Å². The lowest BCUT2D eigenvalue weighted by Gasteiger charge is -2.05. The van der Waals surface area contributed by atoms with Gasteiger partial charge in [0.2, 0.25) is 0 Å². The summed E-state index contributed by atoms with van der Waals surface area (Å²) in [5.74, 6) is -1.01. The van der Waals surface area contributed by atoms with Gasteiger partial charge >= 0.3 is 0 Å². The summed E-state index contributed by atoms with van der Waals surface area (Å²) < 4.78 is 0. The molecule has 0 aliphatic rings. The molecule has 0 saturated heterocycles. The van der Waals surface area contributed by atoms with Crippen LogP contribution in [0, 0.1) is 0 Å². The highest BCUT2D eigenvalue weighted by Crippen LogP contribution is 2.14. The van der Waals surface area contributed by atoms with Crippen LogP contribution in [0.4, 0.5) is 0 Å². The molecular formula is C19H15ClN4O3. The molecule has 1 heterocycles. The molecule has 0 spiro atoms. The molecule has 0 bridgehead atoms. The number of carbonyl (C=O) groups excluding carboxylic acids is 2. The summed E-state index contributed by atoms with van der Waals surface area (Å²) in [6, 6.07) is 15.5. The maximum absolute atomic E-state index is 12.0. The minimum Gasteiger partial charge on any atom is -0.343 e. The van der Waals surface area contributed by atoms with Gasteiger partial charge in [0.15, 0.2) is 0 Å². The molecule has 3 N–H and O–H groups in total. The van der Waals surface area contributed by atoms with Crippen LogP contribution in [0.3, 0.4) is 0 Å². The van der Waals surface area contributed by atoms with Crippen LogP contribution in [0.2, 0.25) is 5.02 Å². The van der Waals surface area contributed by atoms with E-state index in [-0.39, 0.29) is 17.7 Å². The summed E-state index contributed by atoms with van der Waals surface area (Å²) in [5, 5.41) is 7.34. The standard InChI is InChI=1S/C19H15ClN4O3/c20-15-7-3-2-6-14(15)19(27)21-11-17(25)24-22-10-13-9-12-5-1-4-8-16(12)23-18(13)26/h1-10H,11H2,(H,21,27)(H,23,26)(H,24,25). The molecule has 8 heteroatoms. The number of nitrogens with zero attached hydrogens (tertiary/aromatic N) is 1. The third-order valence-electron chi connectivity index (χ3n) is 3.70. The van der Waals surface area contributed by atoms with Crippen LogP contribution in [-0.4, -0.2) is 29.6 Å². The summed E-state index contributed by atoms with van der Waals surface area (Å²) >= 11 is 5.92. The van der Waals surface area contributed by atoms with E-state index in [1.165, 1.54) is 6.21 Å². The maximum Gasteiger partial charge on any atom is 0.259 e. The van der Waals surface area contributed by atoms with E-state index in [0.29, 0.717) is 16.1 Å². The van der Waals surface area contributed by atoms with Crippen molar-refractivity contribution in [2.75, 3.05) is 6.54 Å². The van der Waals surface area contributed by atoms with Crippen LogP contribution in [0.1, 0.15) is 15.9 Å². The number of hydrazone groups is 1. The molecule has 7 nitrogen and oxygen atoms in total. The average Bonchev–Trinajstić information content (AvgIpc) is 2.67. The zero-order valence-electron chi connectivity index (χ0n) is 14.0. The van der Waals surface area contributed by atoms with Crippen LogP contribution < -0.4 is 16.3 Å². The second-order valence-corrected chi connectivity index (χ2v) is 6.00. The number of fused-ring (bicyclic) bond motifs is 1. The number of carbonyl (C=O) groups is 2. The number of benzene rings is 2. The normalized spacial score (nSPS) is 10.9. The van der Waals surface area contributed by atoms with E-state index in [2.05, 4.69) is 20.8 Å². The van der Waals surface area contributed by atoms with E-state index < -0.39 is 11.8 Å². The first-order valence-corrected chi connectivity index (χ1v) is 8.39. The van der Waals surface area contributed by atoms with Crippen molar-refractivity contribution in [2.45, 2.75) is 0 Å². The zero-order valence-corrected chi connectivity index (χ0v) is 14.8. The Balaban J connectivity index is 1.58. The topological polar surface area (TPSA) is 103 Å². The van der Waals surface area contributed by atoms with Gasteiger partial charge in [0.25, 0.3) is 17.4 Å². The lowest BCUT2D eigenvalue weighted by molar-refractivity contribution is -0.120. The Bertz CT molecular complexity index is 1090. The van der Waals surface area contributed by atoms with Crippen molar-refractivity contribution in [2.24, 2.45) is 5.10 Å². The van der Waals surface area contributed by atoms with E-state index in [1.807, 2.05) is 18.2 Å². The van der Waals surface area contributed by atoms with Crippen molar-refractivity contribution in [3.63, 3.8) is 0 Å². The lowest BCUT2D eigenvalue weighted by atomic mass is 10.2. The van der Waals surface area contributed by atoms with Crippen molar-refractivity contribution in [1.29, 1.82) is 0 Å². The molecule has 0 fully saturated rings. The predicted octanol–water partition coefficient (Wildman–Crippen LogP) is 2.06. The molecular weight excluding hydrogens is 368 g/mol. The van der Waals surface area contributed by atoms with E-state index in [4.69, 9.17) is 11.6 Å². The molecule has 2 amide bonds. The molecule has 3 rings (SSSR count). The van der Waals surface area contributed by atoms with Gasteiger partial charge in [-0.15, -0.1) is 0 Å². The van der Waals surface area contributed by atoms with Gasteiger partial charge in [-0.2, -0.15) is 5.10 Å². The zero-order chi connectivity index (χ0) is 19.2. The number of hydrogen-bond acceptors (Lipinski definition) is 4. The number of hydrogen-bond donors (Lipinski definition) is 3. The van der Waals surface area contributed by atoms with Crippen LogP contribution in [0.15, 0.2) is 64.5 Å². The van der Waals surface area contributed by atoms with Gasteiger partial charge in [-0.1, -0.05) is 41.9 Å². The largest absolute Gasteiger partial charge is 0.343 e. The molecule has 0 saturated carbocycles. The molecule has 0 aliphatic heterocycles. The molecule has 1 aromatic heterocycles. The quantitative estimate of drug-likeness (QED) is 0.464. The number of aromatic nitrogens is 1. The Hall–Kier alpha value is -3.45. The summed E-state index contributed by atoms with van der Waals surface area (Å²) in [4.78, 5) is 38.5. The number of para-hydroxylation sites is 1. The van der Waals surface area contributed by atoms with Crippen molar-refractivity contribution in [1.82, 2.24) is 15.7 Å². The fourth-order valence-corrected chi connectivity index (χ4v) is 2.60. The van der Waals surface area contributed by atoms with Crippen molar-refractivity contribution in [3.8, 4) is 0 Å². The van der Waals surface area contributed by atoms with E-state index >= 15 is 0 Å². The van der Waals surface area contributed by atoms with Crippen molar-refractivity contribution >= 4 is 40.5 Å². The minimum atomic E-state index is -0.538. The molecule has 0 unspecified atom stereocenters. The van der Waals surface area contributed by atoms with Crippen molar-refractivity contribution < 1.29 is 9.59 Å². The second-order valence-electron chi connectivity index (χ2n) is 5.60. The lowest BCUT2D eigenvalue weighted by Crippen LogP contribution is -2.35. The van der Waals surface area contributed by atoms with Gasteiger partial charge in [0.1, 0.15) is 0 Å². The Morgan fingerprint density at radius 3 is 2.67 bits per heavy atom.